The Bertz CT molecular complexity index is 499. The molecule has 1 amide bonds. The lowest BCUT2D eigenvalue weighted by Gasteiger charge is -2.17. The Kier molecular flexibility index (Phi) is 3.53. The van der Waals surface area contributed by atoms with Crippen LogP contribution in [0.1, 0.15) is 73.6 Å². The molecule has 0 bridgehead atoms. The molecule has 0 aromatic carbocycles. The predicted octanol–water partition coefficient (Wildman–Crippen LogP) is 3.56. The molecule has 108 valence electrons. The number of carbonyl (C=O) groups is 1. The monoisotopic (exact) mass is 272 g/mol. The molecule has 2 aliphatic rings. The van der Waals surface area contributed by atoms with E-state index in [2.05, 4.69) is 20.8 Å². The van der Waals surface area contributed by atoms with Gasteiger partial charge in [-0.15, -0.1) is 0 Å². The molecule has 2 fully saturated rings. The molecule has 1 aromatic rings. The van der Waals surface area contributed by atoms with Crippen LogP contribution in [0.25, 0.3) is 0 Å². The van der Waals surface area contributed by atoms with Gasteiger partial charge in [-0.2, -0.15) is 0 Å². The molecular formula is C17H24N2O. The summed E-state index contributed by atoms with van der Waals surface area (Å²) in [4.78, 5) is 19.4. The highest BCUT2D eigenvalue weighted by Crippen LogP contribution is 2.40. The Morgan fingerprint density at radius 3 is 2.60 bits per heavy atom. The number of nitrogens with zero attached hydrogens (tertiary/aromatic N) is 2. The summed E-state index contributed by atoms with van der Waals surface area (Å²) in [6.07, 6.45) is 3.58. The SMILES string of the molecule is CC1CCN(C(=O)c2cc(C(C)C)nc(C3CC3)c2)C1. The summed E-state index contributed by atoms with van der Waals surface area (Å²) in [7, 11) is 0. The van der Waals surface area contributed by atoms with Gasteiger partial charge in [-0.3, -0.25) is 9.78 Å². The van der Waals surface area contributed by atoms with Gasteiger partial charge in [-0.05, 0) is 43.2 Å². The minimum atomic E-state index is 0.195. The van der Waals surface area contributed by atoms with Crippen molar-refractivity contribution in [1.29, 1.82) is 0 Å². The average Bonchev–Trinajstić information content (AvgIpc) is 3.19. The van der Waals surface area contributed by atoms with Crippen molar-refractivity contribution in [3.05, 3.63) is 29.1 Å². The maximum absolute atomic E-state index is 12.7. The summed E-state index contributed by atoms with van der Waals surface area (Å²) in [6.45, 7) is 8.31. The summed E-state index contributed by atoms with van der Waals surface area (Å²) in [6, 6.07) is 4.04. The van der Waals surface area contributed by atoms with E-state index in [1.54, 1.807) is 0 Å². The van der Waals surface area contributed by atoms with E-state index in [0.29, 0.717) is 17.8 Å². The van der Waals surface area contributed by atoms with E-state index in [1.165, 1.54) is 12.8 Å². The third-order valence-electron chi connectivity index (χ3n) is 4.41. The number of rotatable bonds is 3. The molecule has 3 heteroatoms. The van der Waals surface area contributed by atoms with Crippen LogP contribution in [0.3, 0.4) is 0 Å². The number of amides is 1. The quantitative estimate of drug-likeness (QED) is 0.843. The molecule has 1 aromatic heterocycles. The first-order valence-electron chi connectivity index (χ1n) is 7.85. The van der Waals surface area contributed by atoms with Gasteiger partial charge in [0.05, 0.1) is 0 Å². The van der Waals surface area contributed by atoms with E-state index in [-0.39, 0.29) is 5.91 Å². The summed E-state index contributed by atoms with van der Waals surface area (Å²) < 4.78 is 0. The van der Waals surface area contributed by atoms with Crippen molar-refractivity contribution >= 4 is 5.91 Å². The number of likely N-dealkylation sites (tertiary alicyclic amines) is 1. The Labute approximate surface area is 121 Å². The lowest BCUT2D eigenvalue weighted by molar-refractivity contribution is 0.0787. The van der Waals surface area contributed by atoms with Crippen LogP contribution in [0.4, 0.5) is 0 Å². The Morgan fingerprint density at radius 2 is 2.05 bits per heavy atom. The summed E-state index contributed by atoms with van der Waals surface area (Å²) >= 11 is 0. The van der Waals surface area contributed by atoms with Crippen molar-refractivity contribution in [2.75, 3.05) is 13.1 Å². The van der Waals surface area contributed by atoms with Gasteiger partial charge in [0, 0.05) is 36.0 Å². The molecule has 1 saturated carbocycles. The van der Waals surface area contributed by atoms with Crippen LogP contribution in [0.5, 0.6) is 0 Å². The molecule has 1 atom stereocenters. The van der Waals surface area contributed by atoms with Crippen molar-refractivity contribution in [1.82, 2.24) is 9.88 Å². The van der Waals surface area contributed by atoms with Gasteiger partial charge < -0.3 is 4.90 Å². The Hall–Kier alpha value is -1.38. The van der Waals surface area contributed by atoms with Crippen LogP contribution in [-0.2, 0) is 0 Å². The number of pyridine rings is 1. The fourth-order valence-electron chi connectivity index (χ4n) is 2.88. The van der Waals surface area contributed by atoms with Gasteiger partial charge >= 0.3 is 0 Å². The molecule has 2 heterocycles. The van der Waals surface area contributed by atoms with E-state index in [9.17, 15) is 4.79 Å². The van der Waals surface area contributed by atoms with Crippen LogP contribution in [0.2, 0.25) is 0 Å². The predicted molar refractivity (Wildman–Crippen MR) is 80.0 cm³/mol. The number of hydrogen-bond acceptors (Lipinski definition) is 2. The average molecular weight is 272 g/mol. The molecule has 3 nitrogen and oxygen atoms in total. The maximum atomic E-state index is 12.7. The number of hydrogen-bond donors (Lipinski definition) is 0. The minimum absolute atomic E-state index is 0.195. The van der Waals surface area contributed by atoms with E-state index >= 15 is 0 Å². The first-order chi connectivity index (χ1) is 9.54. The van der Waals surface area contributed by atoms with Gasteiger partial charge in [0.25, 0.3) is 5.91 Å². The normalized spacial score (nSPS) is 22.6. The van der Waals surface area contributed by atoms with Gasteiger partial charge in [0.15, 0.2) is 0 Å². The third kappa shape index (κ3) is 2.72. The maximum Gasteiger partial charge on any atom is 0.253 e. The number of carbonyl (C=O) groups excluding carboxylic acids is 1. The molecule has 0 N–H and O–H groups in total. The minimum Gasteiger partial charge on any atom is -0.338 e. The van der Waals surface area contributed by atoms with Crippen molar-refractivity contribution in [2.45, 2.75) is 51.9 Å². The van der Waals surface area contributed by atoms with Crippen molar-refractivity contribution < 1.29 is 4.79 Å². The van der Waals surface area contributed by atoms with E-state index in [1.807, 2.05) is 17.0 Å². The molecule has 20 heavy (non-hydrogen) atoms. The third-order valence-corrected chi connectivity index (χ3v) is 4.41. The zero-order valence-electron chi connectivity index (χ0n) is 12.7. The second-order valence-corrected chi connectivity index (χ2v) is 6.78. The van der Waals surface area contributed by atoms with Gasteiger partial charge in [0.1, 0.15) is 0 Å². The standard InChI is InChI=1S/C17H24N2O/c1-11(2)15-8-14(9-16(18-15)13-4-5-13)17(20)19-7-6-12(3)10-19/h8-9,11-13H,4-7,10H2,1-3H3. The topological polar surface area (TPSA) is 33.2 Å². The van der Waals surface area contributed by atoms with E-state index in [0.717, 1.165) is 36.5 Å². The molecule has 0 radical (unpaired) electrons. The van der Waals surface area contributed by atoms with Crippen LogP contribution >= 0.6 is 0 Å². The fourth-order valence-corrected chi connectivity index (χ4v) is 2.88. The lowest BCUT2D eigenvalue weighted by Crippen LogP contribution is -2.28. The number of aromatic nitrogens is 1. The van der Waals surface area contributed by atoms with E-state index in [4.69, 9.17) is 4.98 Å². The molecule has 1 aliphatic heterocycles. The zero-order chi connectivity index (χ0) is 14.3. The summed E-state index contributed by atoms with van der Waals surface area (Å²) in [5, 5.41) is 0. The second-order valence-electron chi connectivity index (χ2n) is 6.78. The molecule has 1 saturated heterocycles. The van der Waals surface area contributed by atoms with Gasteiger partial charge in [-0.1, -0.05) is 20.8 Å². The zero-order valence-corrected chi connectivity index (χ0v) is 12.7. The summed E-state index contributed by atoms with van der Waals surface area (Å²) in [5.74, 6) is 1.80. The Morgan fingerprint density at radius 1 is 1.30 bits per heavy atom. The van der Waals surface area contributed by atoms with Crippen molar-refractivity contribution in [3.8, 4) is 0 Å². The smallest absolute Gasteiger partial charge is 0.253 e. The molecule has 1 aliphatic carbocycles. The van der Waals surface area contributed by atoms with Crippen LogP contribution in [0.15, 0.2) is 12.1 Å². The van der Waals surface area contributed by atoms with Gasteiger partial charge in [0.2, 0.25) is 0 Å². The molecule has 3 rings (SSSR count). The first kappa shape index (κ1) is 13.6. The largest absolute Gasteiger partial charge is 0.338 e. The second kappa shape index (κ2) is 5.19. The summed E-state index contributed by atoms with van der Waals surface area (Å²) in [5.41, 5.74) is 3.04. The molecular weight excluding hydrogens is 248 g/mol. The first-order valence-corrected chi connectivity index (χ1v) is 7.85. The van der Waals surface area contributed by atoms with Crippen LogP contribution < -0.4 is 0 Å². The highest BCUT2D eigenvalue weighted by Gasteiger charge is 2.29. The lowest BCUT2D eigenvalue weighted by atomic mass is 10.0. The van der Waals surface area contributed by atoms with Gasteiger partial charge in [-0.25, -0.2) is 0 Å². The fraction of sp³-hybridized carbons (Fsp3) is 0.647. The van der Waals surface area contributed by atoms with Crippen molar-refractivity contribution in [2.24, 2.45) is 5.92 Å². The van der Waals surface area contributed by atoms with E-state index < -0.39 is 0 Å². The molecule has 1 unspecified atom stereocenters. The highest BCUT2D eigenvalue weighted by atomic mass is 16.2. The molecule has 0 spiro atoms. The van der Waals surface area contributed by atoms with Crippen LogP contribution in [-0.4, -0.2) is 28.9 Å². The van der Waals surface area contributed by atoms with Crippen molar-refractivity contribution in [3.63, 3.8) is 0 Å². The van der Waals surface area contributed by atoms with Crippen LogP contribution in [0, 0.1) is 5.92 Å². The highest BCUT2D eigenvalue weighted by molar-refractivity contribution is 5.94. The Balaban J connectivity index is 1.89.